The molecule has 128 valence electrons. The van der Waals surface area contributed by atoms with E-state index < -0.39 is 0 Å². The second kappa shape index (κ2) is 7.96. The minimum Gasteiger partial charge on any atom is -0.497 e. The maximum Gasteiger partial charge on any atom is 0.229 e. The lowest BCUT2D eigenvalue weighted by molar-refractivity contribution is 0.395. The molecule has 0 fully saturated rings. The number of hydrogen-bond donors (Lipinski definition) is 2. The van der Waals surface area contributed by atoms with E-state index in [2.05, 4.69) is 25.6 Å². The minimum atomic E-state index is 0.472. The highest BCUT2D eigenvalue weighted by molar-refractivity contribution is 5.64. The van der Waals surface area contributed by atoms with Gasteiger partial charge in [0.05, 0.1) is 19.9 Å². The topological polar surface area (TPSA) is 81.2 Å². The SMILES string of the molecule is COc1ccc(Nc2nccc(NCc3cccnc3)n2)c(OC)c1. The number of rotatable bonds is 7. The molecule has 7 heteroatoms. The Kier molecular flexibility index (Phi) is 5.26. The molecule has 0 aliphatic carbocycles. The van der Waals surface area contributed by atoms with Crippen molar-refractivity contribution in [1.82, 2.24) is 15.0 Å². The highest BCUT2D eigenvalue weighted by Gasteiger charge is 2.07. The van der Waals surface area contributed by atoms with Crippen molar-refractivity contribution in [3.05, 3.63) is 60.6 Å². The van der Waals surface area contributed by atoms with E-state index in [0.717, 1.165) is 17.0 Å². The van der Waals surface area contributed by atoms with Gasteiger partial charge in [-0.1, -0.05) is 6.07 Å². The molecule has 0 saturated carbocycles. The number of anilines is 3. The van der Waals surface area contributed by atoms with Gasteiger partial charge in [0.2, 0.25) is 5.95 Å². The van der Waals surface area contributed by atoms with Crippen LogP contribution in [0.15, 0.2) is 55.0 Å². The molecule has 7 nitrogen and oxygen atoms in total. The van der Waals surface area contributed by atoms with Gasteiger partial charge in [-0.3, -0.25) is 4.98 Å². The first-order valence-electron chi connectivity index (χ1n) is 7.73. The summed E-state index contributed by atoms with van der Waals surface area (Å²) in [4.78, 5) is 12.8. The molecule has 0 saturated heterocycles. The van der Waals surface area contributed by atoms with Crippen LogP contribution < -0.4 is 20.1 Å². The molecule has 0 aliphatic rings. The predicted octanol–water partition coefficient (Wildman–Crippen LogP) is 3.24. The molecule has 0 aliphatic heterocycles. The Labute approximate surface area is 146 Å². The number of hydrogen-bond acceptors (Lipinski definition) is 7. The molecule has 0 unspecified atom stereocenters. The Bertz CT molecular complexity index is 827. The minimum absolute atomic E-state index is 0.472. The van der Waals surface area contributed by atoms with Crippen molar-refractivity contribution in [1.29, 1.82) is 0 Å². The van der Waals surface area contributed by atoms with E-state index in [0.29, 0.717) is 24.1 Å². The van der Waals surface area contributed by atoms with Crippen LogP contribution in [0.1, 0.15) is 5.56 Å². The largest absolute Gasteiger partial charge is 0.497 e. The molecular formula is C18H19N5O2. The van der Waals surface area contributed by atoms with Gasteiger partial charge in [0, 0.05) is 31.2 Å². The van der Waals surface area contributed by atoms with E-state index in [4.69, 9.17) is 9.47 Å². The highest BCUT2D eigenvalue weighted by Crippen LogP contribution is 2.30. The number of nitrogens with zero attached hydrogens (tertiary/aromatic N) is 3. The Balaban J connectivity index is 1.71. The molecule has 3 rings (SSSR count). The van der Waals surface area contributed by atoms with Crippen LogP contribution in [0.5, 0.6) is 11.5 Å². The Morgan fingerprint density at radius 3 is 2.72 bits per heavy atom. The maximum atomic E-state index is 5.37. The van der Waals surface area contributed by atoms with Crippen LogP contribution in [0.3, 0.4) is 0 Å². The Morgan fingerprint density at radius 2 is 1.96 bits per heavy atom. The summed E-state index contributed by atoms with van der Waals surface area (Å²) >= 11 is 0. The van der Waals surface area contributed by atoms with Crippen LogP contribution in [-0.2, 0) is 6.54 Å². The van der Waals surface area contributed by atoms with Crippen LogP contribution in [0.25, 0.3) is 0 Å². The first-order chi connectivity index (χ1) is 12.3. The maximum absolute atomic E-state index is 5.37. The molecule has 2 aromatic heterocycles. The number of ether oxygens (including phenoxy) is 2. The number of methoxy groups -OCH3 is 2. The molecule has 0 atom stereocenters. The lowest BCUT2D eigenvalue weighted by Gasteiger charge is -2.12. The summed E-state index contributed by atoms with van der Waals surface area (Å²) in [7, 11) is 3.22. The molecule has 2 N–H and O–H groups in total. The predicted molar refractivity (Wildman–Crippen MR) is 96.4 cm³/mol. The van der Waals surface area contributed by atoms with Gasteiger partial charge in [-0.25, -0.2) is 4.98 Å². The number of nitrogens with one attached hydrogen (secondary N) is 2. The van der Waals surface area contributed by atoms with E-state index >= 15 is 0 Å². The molecule has 0 amide bonds. The second-order valence-electron chi connectivity index (χ2n) is 5.17. The summed E-state index contributed by atoms with van der Waals surface area (Å²) in [5.41, 5.74) is 1.83. The molecule has 1 aromatic carbocycles. The standard InChI is InChI=1S/C18H19N5O2/c1-24-14-5-6-15(16(10-14)25-2)22-18-20-9-7-17(23-18)21-12-13-4-3-8-19-11-13/h3-11H,12H2,1-2H3,(H2,20,21,22,23). The van der Waals surface area contributed by atoms with E-state index in [1.165, 1.54) is 0 Å². The Morgan fingerprint density at radius 1 is 1.04 bits per heavy atom. The smallest absolute Gasteiger partial charge is 0.229 e. The van der Waals surface area contributed by atoms with Gasteiger partial charge in [0.15, 0.2) is 0 Å². The lowest BCUT2D eigenvalue weighted by atomic mass is 10.2. The fraction of sp³-hybridized carbons (Fsp3) is 0.167. The number of pyridine rings is 1. The summed E-state index contributed by atoms with van der Waals surface area (Å²) in [6, 6.07) is 11.2. The van der Waals surface area contributed by atoms with Gasteiger partial charge in [-0.15, -0.1) is 0 Å². The fourth-order valence-corrected chi connectivity index (χ4v) is 2.23. The lowest BCUT2D eigenvalue weighted by Crippen LogP contribution is -2.05. The van der Waals surface area contributed by atoms with E-state index in [1.807, 2.05) is 36.5 Å². The van der Waals surface area contributed by atoms with Crippen molar-refractivity contribution >= 4 is 17.5 Å². The first kappa shape index (κ1) is 16.5. The van der Waals surface area contributed by atoms with E-state index in [-0.39, 0.29) is 0 Å². The summed E-state index contributed by atoms with van der Waals surface area (Å²) in [6.07, 6.45) is 5.25. The zero-order chi connectivity index (χ0) is 17.5. The van der Waals surface area contributed by atoms with Gasteiger partial charge >= 0.3 is 0 Å². The van der Waals surface area contributed by atoms with Crippen molar-refractivity contribution in [3.63, 3.8) is 0 Å². The van der Waals surface area contributed by atoms with Gasteiger partial charge in [-0.05, 0) is 29.8 Å². The molecule has 3 aromatic rings. The summed E-state index contributed by atoms with van der Waals surface area (Å²) in [5, 5.41) is 6.41. The first-order valence-corrected chi connectivity index (χ1v) is 7.73. The second-order valence-corrected chi connectivity index (χ2v) is 5.17. The van der Waals surface area contributed by atoms with Crippen LogP contribution in [0.4, 0.5) is 17.5 Å². The van der Waals surface area contributed by atoms with E-state index in [9.17, 15) is 0 Å². The Hall–Kier alpha value is -3.35. The third-order valence-electron chi connectivity index (χ3n) is 3.51. The van der Waals surface area contributed by atoms with Crippen molar-refractivity contribution < 1.29 is 9.47 Å². The zero-order valence-electron chi connectivity index (χ0n) is 14.1. The van der Waals surface area contributed by atoms with E-state index in [1.54, 1.807) is 32.7 Å². The third kappa shape index (κ3) is 4.35. The molecule has 0 bridgehead atoms. The average Bonchev–Trinajstić information content (AvgIpc) is 2.68. The third-order valence-corrected chi connectivity index (χ3v) is 3.51. The van der Waals surface area contributed by atoms with Crippen molar-refractivity contribution in [2.75, 3.05) is 24.9 Å². The van der Waals surface area contributed by atoms with Gasteiger partial charge in [-0.2, -0.15) is 4.98 Å². The van der Waals surface area contributed by atoms with Crippen LogP contribution in [-0.4, -0.2) is 29.2 Å². The van der Waals surface area contributed by atoms with Gasteiger partial charge in [0.25, 0.3) is 0 Å². The van der Waals surface area contributed by atoms with Crippen molar-refractivity contribution in [2.45, 2.75) is 6.54 Å². The van der Waals surface area contributed by atoms with Crippen LogP contribution in [0, 0.1) is 0 Å². The molecular weight excluding hydrogens is 318 g/mol. The van der Waals surface area contributed by atoms with Gasteiger partial charge < -0.3 is 20.1 Å². The normalized spacial score (nSPS) is 10.2. The monoisotopic (exact) mass is 337 g/mol. The highest BCUT2D eigenvalue weighted by atomic mass is 16.5. The quantitative estimate of drug-likeness (QED) is 0.685. The van der Waals surface area contributed by atoms with Gasteiger partial charge in [0.1, 0.15) is 17.3 Å². The van der Waals surface area contributed by atoms with Crippen LogP contribution >= 0.6 is 0 Å². The number of benzene rings is 1. The molecule has 25 heavy (non-hydrogen) atoms. The zero-order valence-corrected chi connectivity index (χ0v) is 14.1. The summed E-state index contributed by atoms with van der Waals surface area (Å²) in [6.45, 7) is 0.635. The molecule has 2 heterocycles. The summed E-state index contributed by atoms with van der Waals surface area (Å²) < 4.78 is 10.6. The molecule has 0 spiro atoms. The number of aromatic nitrogens is 3. The summed E-state index contributed by atoms with van der Waals surface area (Å²) in [5.74, 6) is 2.56. The van der Waals surface area contributed by atoms with Crippen molar-refractivity contribution in [3.8, 4) is 11.5 Å². The molecule has 0 radical (unpaired) electrons. The van der Waals surface area contributed by atoms with Crippen LogP contribution in [0.2, 0.25) is 0 Å². The fourth-order valence-electron chi connectivity index (χ4n) is 2.23. The average molecular weight is 337 g/mol. The van der Waals surface area contributed by atoms with Crippen molar-refractivity contribution in [2.24, 2.45) is 0 Å².